The van der Waals surface area contributed by atoms with Crippen LogP contribution in [0, 0.1) is 0 Å². The lowest BCUT2D eigenvalue weighted by Gasteiger charge is -2.18. The first-order chi connectivity index (χ1) is 12.4. The molecule has 0 spiro atoms. The number of unbranched alkanes of at least 4 members (excludes halogenated alkanes) is 1. The molecule has 0 radical (unpaired) electrons. The van der Waals surface area contributed by atoms with E-state index in [1.807, 2.05) is 6.08 Å². The number of carbonyl (C=O) groups is 2. The van der Waals surface area contributed by atoms with Gasteiger partial charge < -0.3 is 10.5 Å². The van der Waals surface area contributed by atoms with E-state index in [1.165, 1.54) is 18.2 Å². The third kappa shape index (κ3) is 8.77. The lowest BCUT2D eigenvalue weighted by atomic mass is 10.00. The molecule has 0 aromatic rings. The van der Waals surface area contributed by atoms with E-state index in [9.17, 15) is 9.59 Å². The zero-order chi connectivity index (χ0) is 19.9. The molecule has 0 aliphatic heterocycles. The van der Waals surface area contributed by atoms with Crippen molar-refractivity contribution in [1.82, 2.24) is 0 Å². The summed E-state index contributed by atoms with van der Waals surface area (Å²) in [6, 6.07) is 0. The van der Waals surface area contributed by atoms with Crippen molar-refractivity contribution in [1.29, 1.82) is 0 Å². The van der Waals surface area contributed by atoms with Gasteiger partial charge in [-0.05, 0) is 26.2 Å². The molecular weight excluding hydrogens is 326 g/mol. The van der Waals surface area contributed by atoms with Gasteiger partial charge in [-0.25, -0.2) is 0 Å². The first-order valence-corrected chi connectivity index (χ1v) is 9.20. The van der Waals surface area contributed by atoms with Crippen LogP contribution in [0.3, 0.4) is 0 Å². The monoisotopic (exact) mass is 359 g/mol. The number of ketones is 1. The number of ether oxygens (including phenoxy) is 1. The Kier molecular flexibility index (Phi) is 12.8. The number of Topliss-reactive ketones (excluding diaryl/α,β-unsaturated/α-hetero) is 1. The standard InChI is InChI=1S/C22H33NO3/c1-6-11-14-17(9-4)15-18(12-7-2)26-16-21(24)20(13-8-3)19(10-5)22(23)25/h8-10,13-14,18H,3-4,6-7,11-12,15-16H2,1-2,5H3,(H2,23,25)/b17-14+,19-10+,20-13+. The third-order valence-electron chi connectivity index (χ3n) is 3.91. The van der Waals surface area contributed by atoms with Gasteiger partial charge in [-0.1, -0.05) is 75.8 Å². The van der Waals surface area contributed by atoms with E-state index >= 15 is 0 Å². The van der Waals surface area contributed by atoms with Gasteiger partial charge in [-0.15, -0.1) is 0 Å². The maximum atomic E-state index is 12.5. The second kappa shape index (κ2) is 14.0. The number of hydrogen-bond donors (Lipinski definition) is 1. The Balaban J connectivity index is 5.13. The Hall–Kier alpha value is -2.20. The molecule has 0 rings (SSSR count). The fourth-order valence-electron chi connectivity index (χ4n) is 2.56. The van der Waals surface area contributed by atoms with Gasteiger partial charge in [0.15, 0.2) is 5.78 Å². The highest BCUT2D eigenvalue weighted by molar-refractivity contribution is 6.11. The summed E-state index contributed by atoms with van der Waals surface area (Å²) in [4.78, 5) is 24.1. The largest absolute Gasteiger partial charge is 0.370 e. The van der Waals surface area contributed by atoms with Crippen molar-refractivity contribution in [3.8, 4) is 0 Å². The summed E-state index contributed by atoms with van der Waals surface area (Å²) in [5.41, 5.74) is 6.90. The van der Waals surface area contributed by atoms with E-state index in [4.69, 9.17) is 10.5 Å². The molecule has 0 aromatic carbocycles. The summed E-state index contributed by atoms with van der Waals surface area (Å²) in [6.45, 7) is 13.2. The molecule has 0 fully saturated rings. The summed E-state index contributed by atoms with van der Waals surface area (Å²) < 4.78 is 5.87. The van der Waals surface area contributed by atoms with Crippen molar-refractivity contribution >= 4 is 11.7 Å². The van der Waals surface area contributed by atoms with Crippen LogP contribution in [0.2, 0.25) is 0 Å². The zero-order valence-corrected chi connectivity index (χ0v) is 16.4. The first kappa shape index (κ1) is 23.8. The van der Waals surface area contributed by atoms with Crippen molar-refractivity contribution < 1.29 is 14.3 Å². The molecule has 4 nitrogen and oxygen atoms in total. The van der Waals surface area contributed by atoms with Crippen molar-refractivity contribution in [2.24, 2.45) is 5.73 Å². The lowest BCUT2D eigenvalue weighted by molar-refractivity contribution is -0.122. The second-order valence-electron chi connectivity index (χ2n) is 6.00. The predicted molar refractivity (Wildman–Crippen MR) is 109 cm³/mol. The molecule has 1 atom stereocenters. The zero-order valence-electron chi connectivity index (χ0n) is 16.4. The topological polar surface area (TPSA) is 69.4 Å². The molecule has 0 aliphatic carbocycles. The van der Waals surface area contributed by atoms with E-state index in [1.54, 1.807) is 6.92 Å². The highest BCUT2D eigenvalue weighted by Gasteiger charge is 2.19. The number of primary amides is 1. The van der Waals surface area contributed by atoms with Crippen molar-refractivity contribution in [3.63, 3.8) is 0 Å². The predicted octanol–water partition coefficient (Wildman–Crippen LogP) is 4.59. The Morgan fingerprint density at radius 1 is 1.15 bits per heavy atom. The van der Waals surface area contributed by atoms with Crippen LogP contribution in [0.15, 0.2) is 60.3 Å². The molecule has 2 N–H and O–H groups in total. The summed E-state index contributed by atoms with van der Waals surface area (Å²) in [5.74, 6) is -0.925. The smallest absolute Gasteiger partial charge is 0.249 e. The van der Waals surface area contributed by atoms with Gasteiger partial charge in [0.2, 0.25) is 5.91 Å². The minimum Gasteiger partial charge on any atom is -0.370 e. The summed E-state index contributed by atoms with van der Waals surface area (Å²) >= 11 is 0. The molecule has 0 saturated heterocycles. The maximum absolute atomic E-state index is 12.5. The second-order valence-corrected chi connectivity index (χ2v) is 6.00. The molecule has 4 heteroatoms. The summed E-state index contributed by atoms with van der Waals surface area (Å²) in [7, 11) is 0. The molecule has 0 aromatic heterocycles. The number of allylic oxidation sites excluding steroid dienone is 5. The van der Waals surface area contributed by atoms with Crippen LogP contribution in [0.4, 0.5) is 0 Å². The number of rotatable bonds is 14. The molecule has 26 heavy (non-hydrogen) atoms. The van der Waals surface area contributed by atoms with Crippen molar-refractivity contribution in [3.05, 3.63) is 60.3 Å². The van der Waals surface area contributed by atoms with Crippen LogP contribution in [0.1, 0.15) is 52.9 Å². The molecule has 144 valence electrons. The molecule has 0 saturated carbocycles. The van der Waals surface area contributed by atoms with E-state index in [0.717, 1.165) is 37.7 Å². The van der Waals surface area contributed by atoms with Gasteiger partial charge in [0, 0.05) is 11.1 Å². The minimum absolute atomic E-state index is 0.0716. The van der Waals surface area contributed by atoms with Crippen LogP contribution >= 0.6 is 0 Å². The highest BCUT2D eigenvalue weighted by atomic mass is 16.5. The van der Waals surface area contributed by atoms with Gasteiger partial charge in [0.05, 0.1) is 6.10 Å². The Morgan fingerprint density at radius 2 is 1.85 bits per heavy atom. The highest BCUT2D eigenvalue weighted by Crippen LogP contribution is 2.18. The number of hydrogen-bond acceptors (Lipinski definition) is 3. The summed E-state index contributed by atoms with van der Waals surface area (Å²) in [5, 5.41) is 0. The average molecular weight is 360 g/mol. The molecule has 1 amide bonds. The molecule has 0 heterocycles. The normalized spacial score (nSPS) is 14.0. The quantitative estimate of drug-likeness (QED) is 0.364. The van der Waals surface area contributed by atoms with Gasteiger partial charge in [0.25, 0.3) is 0 Å². The van der Waals surface area contributed by atoms with Gasteiger partial charge >= 0.3 is 0 Å². The Labute approximate surface area is 158 Å². The van der Waals surface area contributed by atoms with Gasteiger partial charge in [-0.3, -0.25) is 9.59 Å². The van der Waals surface area contributed by atoms with Crippen molar-refractivity contribution in [2.75, 3.05) is 6.61 Å². The SMILES string of the molecule is C=C/C=C(C(=O)COC(CCC)C/C(C=C)=C/CCC)\C(=C/C)C(N)=O. The van der Waals surface area contributed by atoms with Gasteiger partial charge in [-0.2, -0.15) is 0 Å². The van der Waals surface area contributed by atoms with E-state index in [2.05, 4.69) is 33.1 Å². The fourth-order valence-corrected chi connectivity index (χ4v) is 2.56. The molecular formula is C22H33NO3. The molecule has 0 aliphatic rings. The van der Waals surface area contributed by atoms with Crippen LogP contribution in [-0.2, 0) is 14.3 Å². The number of amides is 1. The average Bonchev–Trinajstić information content (AvgIpc) is 2.62. The summed E-state index contributed by atoms with van der Waals surface area (Å²) in [6.07, 6.45) is 13.0. The Morgan fingerprint density at radius 3 is 2.31 bits per heavy atom. The van der Waals surface area contributed by atoms with Gasteiger partial charge in [0.1, 0.15) is 6.61 Å². The van der Waals surface area contributed by atoms with Crippen LogP contribution in [0.25, 0.3) is 0 Å². The molecule has 1 unspecified atom stereocenters. The number of carbonyl (C=O) groups excluding carboxylic acids is 2. The lowest BCUT2D eigenvalue weighted by Crippen LogP contribution is -2.24. The van der Waals surface area contributed by atoms with Crippen LogP contribution in [-0.4, -0.2) is 24.4 Å². The minimum atomic E-state index is -0.643. The van der Waals surface area contributed by atoms with E-state index in [0.29, 0.717) is 0 Å². The maximum Gasteiger partial charge on any atom is 0.249 e. The Bertz CT molecular complexity index is 582. The van der Waals surface area contributed by atoms with Crippen LogP contribution in [0.5, 0.6) is 0 Å². The molecule has 0 bridgehead atoms. The fraction of sp³-hybridized carbons (Fsp3) is 0.455. The number of nitrogens with two attached hydrogens (primary N) is 1. The first-order valence-electron chi connectivity index (χ1n) is 9.20. The third-order valence-corrected chi connectivity index (χ3v) is 3.91. The van der Waals surface area contributed by atoms with Crippen LogP contribution < -0.4 is 5.73 Å². The van der Waals surface area contributed by atoms with E-state index in [-0.39, 0.29) is 29.6 Å². The van der Waals surface area contributed by atoms with Crippen molar-refractivity contribution in [2.45, 2.75) is 59.0 Å². The van der Waals surface area contributed by atoms with E-state index < -0.39 is 5.91 Å².